The van der Waals surface area contributed by atoms with Gasteiger partial charge in [-0.1, -0.05) is 17.7 Å². The molecule has 1 aromatic carbocycles. The molecule has 0 aliphatic carbocycles. The molecule has 1 atom stereocenters. The maximum absolute atomic E-state index is 11.9. The maximum atomic E-state index is 11.9. The first-order valence-corrected chi connectivity index (χ1v) is 7.32. The number of aryl methyl sites for hydroxylation is 2. The molecule has 0 radical (unpaired) electrons. The molecule has 1 N–H and O–H groups in total. The van der Waals surface area contributed by atoms with Gasteiger partial charge in [-0.25, -0.2) is 4.79 Å². The molecule has 104 valence electrons. The number of hydrogen-bond donors (Lipinski definition) is 1. The lowest BCUT2D eigenvalue weighted by Crippen LogP contribution is -2.19. The van der Waals surface area contributed by atoms with Crippen LogP contribution in [0.15, 0.2) is 34.4 Å². The molecule has 6 heteroatoms. The molecule has 3 aromatic rings. The van der Waals surface area contributed by atoms with Crippen LogP contribution in [0.2, 0.25) is 5.02 Å². The predicted octanol–water partition coefficient (Wildman–Crippen LogP) is 2.67. The Morgan fingerprint density at radius 1 is 1.20 bits per heavy atom. The minimum Gasteiger partial charge on any atom is -0.383 e. The molecule has 0 spiro atoms. The van der Waals surface area contributed by atoms with E-state index in [1.807, 2.05) is 23.6 Å². The first-order valence-electron chi connectivity index (χ1n) is 6.07. The van der Waals surface area contributed by atoms with E-state index in [1.165, 1.54) is 11.3 Å². The fourth-order valence-corrected chi connectivity index (χ4v) is 3.52. The molecule has 3 rings (SSSR count). The summed E-state index contributed by atoms with van der Waals surface area (Å²) in [6.45, 7) is 0. The average molecular weight is 309 g/mol. The third-order valence-electron chi connectivity index (χ3n) is 3.50. The Bertz CT molecular complexity index is 847. The van der Waals surface area contributed by atoms with Gasteiger partial charge in [0.05, 0.1) is 20.9 Å². The Morgan fingerprint density at radius 2 is 1.90 bits per heavy atom. The van der Waals surface area contributed by atoms with E-state index in [-0.39, 0.29) is 5.69 Å². The summed E-state index contributed by atoms with van der Waals surface area (Å²) in [7, 11) is 3.45. The number of rotatable bonds is 2. The highest BCUT2D eigenvalue weighted by Crippen LogP contribution is 2.33. The molecule has 0 fully saturated rings. The maximum Gasteiger partial charge on any atom is 0.328 e. The summed E-state index contributed by atoms with van der Waals surface area (Å²) in [5, 5.41) is 12.8. The molecule has 0 aliphatic heterocycles. The topological polar surface area (TPSA) is 47.2 Å². The quantitative estimate of drug-likeness (QED) is 0.791. The molecule has 2 aromatic heterocycles. The number of aromatic nitrogens is 2. The summed E-state index contributed by atoms with van der Waals surface area (Å²) >= 11 is 7.47. The van der Waals surface area contributed by atoms with E-state index in [4.69, 9.17) is 11.6 Å². The number of benzene rings is 1. The molecule has 20 heavy (non-hydrogen) atoms. The highest BCUT2D eigenvalue weighted by molar-refractivity contribution is 7.10. The summed E-state index contributed by atoms with van der Waals surface area (Å²) in [6, 6.07) is 7.26. The summed E-state index contributed by atoms with van der Waals surface area (Å²) in [5.41, 5.74) is 2.27. The van der Waals surface area contributed by atoms with E-state index >= 15 is 0 Å². The zero-order valence-electron chi connectivity index (χ0n) is 11.0. The van der Waals surface area contributed by atoms with Crippen molar-refractivity contribution in [3.8, 4) is 0 Å². The van der Waals surface area contributed by atoms with Crippen molar-refractivity contribution in [2.24, 2.45) is 14.1 Å². The van der Waals surface area contributed by atoms with E-state index in [0.717, 1.165) is 16.6 Å². The average Bonchev–Trinajstić information content (AvgIpc) is 2.97. The SMILES string of the molecule is Cn1c(=O)n(C)c2cc(C(O)c3sccc3Cl)ccc21. The third-order valence-corrected chi connectivity index (χ3v) is 4.92. The van der Waals surface area contributed by atoms with E-state index in [9.17, 15) is 9.90 Å². The van der Waals surface area contributed by atoms with Gasteiger partial charge in [0.2, 0.25) is 0 Å². The standard InChI is InChI=1S/C14H13ClN2O2S/c1-16-10-4-3-8(7-11(10)17(2)14(16)19)12(18)13-9(15)5-6-20-13/h3-7,12,18H,1-2H3. The summed E-state index contributed by atoms with van der Waals surface area (Å²) in [4.78, 5) is 12.6. The monoisotopic (exact) mass is 308 g/mol. The Labute approximate surface area is 124 Å². The number of fused-ring (bicyclic) bond motifs is 1. The number of imidazole rings is 1. The van der Waals surface area contributed by atoms with Crippen molar-refractivity contribution in [3.05, 3.63) is 55.6 Å². The smallest absolute Gasteiger partial charge is 0.328 e. The van der Waals surface area contributed by atoms with Crippen LogP contribution < -0.4 is 5.69 Å². The van der Waals surface area contributed by atoms with Gasteiger partial charge >= 0.3 is 5.69 Å². The number of aliphatic hydroxyl groups is 1. The predicted molar refractivity (Wildman–Crippen MR) is 81.6 cm³/mol. The minimum absolute atomic E-state index is 0.0826. The van der Waals surface area contributed by atoms with E-state index in [2.05, 4.69) is 0 Å². The van der Waals surface area contributed by atoms with Gasteiger partial charge in [-0.15, -0.1) is 11.3 Å². The van der Waals surface area contributed by atoms with Crippen molar-refractivity contribution >= 4 is 34.0 Å². The van der Waals surface area contributed by atoms with Gasteiger partial charge < -0.3 is 5.11 Å². The van der Waals surface area contributed by atoms with Crippen molar-refractivity contribution in [1.29, 1.82) is 0 Å². The Morgan fingerprint density at radius 3 is 2.55 bits per heavy atom. The van der Waals surface area contributed by atoms with Crippen LogP contribution in [0.25, 0.3) is 11.0 Å². The van der Waals surface area contributed by atoms with Crippen LogP contribution in [0.3, 0.4) is 0 Å². The van der Waals surface area contributed by atoms with Gasteiger partial charge in [0.1, 0.15) is 6.10 Å². The molecular weight excluding hydrogens is 296 g/mol. The second-order valence-electron chi connectivity index (χ2n) is 4.68. The molecule has 0 amide bonds. The van der Waals surface area contributed by atoms with Crippen molar-refractivity contribution in [3.63, 3.8) is 0 Å². The number of nitrogens with zero attached hydrogens (tertiary/aromatic N) is 2. The van der Waals surface area contributed by atoms with Crippen molar-refractivity contribution in [2.45, 2.75) is 6.10 Å². The molecule has 2 heterocycles. The lowest BCUT2D eigenvalue weighted by Gasteiger charge is -2.10. The van der Waals surface area contributed by atoms with Crippen molar-refractivity contribution in [2.75, 3.05) is 0 Å². The largest absolute Gasteiger partial charge is 0.383 e. The first kappa shape index (κ1) is 13.4. The van der Waals surface area contributed by atoms with E-state index in [0.29, 0.717) is 9.90 Å². The van der Waals surface area contributed by atoms with E-state index in [1.54, 1.807) is 29.3 Å². The summed E-state index contributed by atoms with van der Waals surface area (Å²) in [6.07, 6.45) is -0.776. The lowest BCUT2D eigenvalue weighted by molar-refractivity contribution is 0.224. The van der Waals surface area contributed by atoms with Gasteiger partial charge in [0, 0.05) is 14.1 Å². The van der Waals surface area contributed by atoms with Gasteiger partial charge in [0.15, 0.2) is 0 Å². The number of thiophene rings is 1. The van der Waals surface area contributed by atoms with Crippen LogP contribution >= 0.6 is 22.9 Å². The van der Waals surface area contributed by atoms with Gasteiger partial charge in [-0.2, -0.15) is 0 Å². The fourth-order valence-electron chi connectivity index (χ4n) is 2.35. The summed E-state index contributed by atoms with van der Waals surface area (Å²) in [5.74, 6) is 0. The molecule has 0 saturated carbocycles. The highest BCUT2D eigenvalue weighted by atomic mass is 35.5. The minimum atomic E-state index is -0.776. The van der Waals surface area contributed by atoms with Crippen LogP contribution in [0.5, 0.6) is 0 Å². The molecule has 0 bridgehead atoms. The van der Waals surface area contributed by atoms with Crippen LogP contribution in [0.4, 0.5) is 0 Å². The molecule has 1 unspecified atom stereocenters. The van der Waals surface area contributed by atoms with Crippen LogP contribution in [-0.2, 0) is 14.1 Å². The van der Waals surface area contributed by atoms with Crippen LogP contribution in [-0.4, -0.2) is 14.2 Å². The van der Waals surface area contributed by atoms with Crippen LogP contribution in [0, 0.1) is 0 Å². The van der Waals surface area contributed by atoms with Crippen molar-refractivity contribution in [1.82, 2.24) is 9.13 Å². The second kappa shape index (κ2) is 4.77. The fraction of sp³-hybridized carbons (Fsp3) is 0.214. The number of aliphatic hydroxyl groups excluding tert-OH is 1. The Kier molecular flexibility index (Phi) is 3.20. The van der Waals surface area contributed by atoms with E-state index < -0.39 is 6.10 Å². The Balaban J connectivity index is 2.17. The first-order chi connectivity index (χ1) is 9.50. The van der Waals surface area contributed by atoms with Gasteiger partial charge in [-0.05, 0) is 29.1 Å². The zero-order valence-corrected chi connectivity index (χ0v) is 12.6. The second-order valence-corrected chi connectivity index (χ2v) is 6.04. The summed E-state index contributed by atoms with van der Waals surface area (Å²) < 4.78 is 3.16. The van der Waals surface area contributed by atoms with Crippen LogP contribution in [0.1, 0.15) is 16.5 Å². The van der Waals surface area contributed by atoms with Gasteiger partial charge in [0.25, 0.3) is 0 Å². The molecular formula is C14H13ClN2O2S. The molecule has 4 nitrogen and oxygen atoms in total. The van der Waals surface area contributed by atoms with Gasteiger partial charge in [-0.3, -0.25) is 9.13 Å². The molecule has 0 saturated heterocycles. The zero-order chi connectivity index (χ0) is 14.4. The Hall–Kier alpha value is -1.56. The lowest BCUT2D eigenvalue weighted by atomic mass is 10.1. The third kappa shape index (κ3) is 1.90. The number of hydrogen-bond acceptors (Lipinski definition) is 3. The van der Waals surface area contributed by atoms with Crippen molar-refractivity contribution < 1.29 is 5.11 Å². The highest BCUT2D eigenvalue weighted by Gasteiger charge is 2.17. The molecule has 0 aliphatic rings. The number of halogens is 1. The normalized spacial score (nSPS) is 13.0.